The maximum absolute atomic E-state index is 13.5. The first kappa shape index (κ1) is 41.4. The predicted octanol–water partition coefficient (Wildman–Crippen LogP) is 2.92. The van der Waals surface area contributed by atoms with E-state index in [9.17, 15) is 37.5 Å². The van der Waals surface area contributed by atoms with Gasteiger partial charge in [0.15, 0.2) is 0 Å². The number of carbonyl (C=O) groups excluding carboxylic acids is 4. The van der Waals surface area contributed by atoms with Crippen molar-refractivity contribution >= 4 is 51.1 Å². The standard InChI is InChI=1S/C38H49N7O8S/c1-5-24(2)34(44(4)33(46)21-26-15-17-28(18-16-26)41-38(51)43-30-14-10-9-11-25(30)3)36(48)40-20-19-31(37(49)50)42-35(47)32-22-27(39)23-45(32)54(52,53)29-12-7-6-8-13-29/h6-18,24,27,31-32,34H,5,19-23,39H2,1-4H3,(H,40,48)(H,42,47)(H,49,50)(H2,41,43,51)/t24?,27-,31-,32-,34-/m0/s1. The van der Waals surface area contributed by atoms with Crippen LogP contribution in [0.2, 0.25) is 0 Å². The zero-order valence-corrected chi connectivity index (χ0v) is 31.6. The van der Waals surface area contributed by atoms with Crippen LogP contribution in [0.3, 0.4) is 0 Å². The fraction of sp³-hybridized carbons (Fsp3) is 0.395. The second-order valence-corrected chi connectivity index (χ2v) is 15.4. The van der Waals surface area contributed by atoms with E-state index in [1.165, 1.54) is 24.1 Å². The van der Waals surface area contributed by atoms with Crippen LogP contribution in [0, 0.1) is 12.8 Å². The summed E-state index contributed by atoms with van der Waals surface area (Å²) in [5.74, 6) is -3.24. The largest absolute Gasteiger partial charge is 0.480 e. The number of nitrogens with zero attached hydrogens (tertiary/aromatic N) is 2. The molecular formula is C38H49N7O8S. The molecule has 0 bridgehead atoms. The van der Waals surface area contributed by atoms with Crippen LogP contribution < -0.4 is 27.0 Å². The van der Waals surface area contributed by atoms with Gasteiger partial charge in [0.05, 0.1) is 11.3 Å². The highest BCUT2D eigenvalue weighted by Gasteiger charge is 2.43. The molecule has 3 aromatic carbocycles. The molecule has 54 heavy (non-hydrogen) atoms. The lowest BCUT2D eigenvalue weighted by Gasteiger charge is -2.32. The molecule has 0 saturated carbocycles. The Morgan fingerprint density at radius 3 is 2.24 bits per heavy atom. The minimum atomic E-state index is -4.08. The van der Waals surface area contributed by atoms with Crippen molar-refractivity contribution in [1.82, 2.24) is 19.8 Å². The summed E-state index contributed by atoms with van der Waals surface area (Å²) >= 11 is 0. The molecule has 1 aliphatic rings. The summed E-state index contributed by atoms with van der Waals surface area (Å²) in [5, 5.41) is 20.6. The molecule has 0 radical (unpaired) electrons. The number of anilines is 2. The number of sulfonamides is 1. The van der Waals surface area contributed by atoms with Gasteiger partial charge in [-0.25, -0.2) is 18.0 Å². The molecule has 15 nitrogen and oxygen atoms in total. The maximum atomic E-state index is 13.5. The third-order valence-electron chi connectivity index (χ3n) is 9.51. The number of likely N-dealkylation sites (N-methyl/N-ethyl adjacent to an activating group) is 1. The zero-order chi connectivity index (χ0) is 39.6. The number of carbonyl (C=O) groups is 5. The van der Waals surface area contributed by atoms with Crippen LogP contribution in [0.15, 0.2) is 83.8 Å². The van der Waals surface area contributed by atoms with E-state index in [1.54, 1.807) is 48.5 Å². The number of aryl methyl sites for hydroxylation is 1. The number of hydrogen-bond acceptors (Lipinski definition) is 8. The molecule has 7 N–H and O–H groups in total. The number of carboxylic acid groups (broad SMARTS) is 1. The Labute approximate surface area is 315 Å². The molecule has 1 fully saturated rings. The minimum absolute atomic E-state index is 0.00457. The highest BCUT2D eigenvalue weighted by atomic mass is 32.2. The highest BCUT2D eigenvalue weighted by Crippen LogP contribution is 2.26. The van der Waals surface area contributed by atoms with Gasteiger partial charge in [-0.05, 0) is 67.1 Å². The topological polar surface area (TPSA) is 220 Å². The molecule has 5 amide bonds. The van der Waals surface area contributed by atoms with E-state index in [4.69, 9.17) is 5.73 Å². The van der Waals surface area contributed by atoms with E-state index in [1.807, 2.05) is 39.0 Å². The molecule has 0 spiro atoms. The summed E-state index contributed by atoms with van der Waals surface area (Å²) in [5.41, 5.74) is 8.83. The summed E-state index contributed by atoms with van der Waals surface area (Å²) in [6.45, 7) is 5.35. The number of benzene rings is 3. The maximum Gasteiger partial charge on any atom is 0.326 e. The van der Waals surface area contributed by atoms with Crippen molar-refractivity contribution in [2.24, 2.45) is 11.7 Å². The van der Waals surface area contributed by atoms with E-state index in [0.29, 0.717) is 23.4 Å². The van der Waals surface area contributed by atoms with Crippen molar-refractivity contribution < 1.29 is 37.5 Å². The first-order valence-corrected chi connectivity index (χ1v) is 19.2. The van der Waals surface area contributed by atoms with Crippen molar-refractivity contribution in [3.63, 3.8) is 0 Å². The Hall–Kier alpha value is -5.32. The van der Waals surface area contributed by atoms with Gasteiger partial charge in [0.1, 0.15) is 18.1 Å². The van der Waals surface area contributed by atoms with E-state index in [2.05, 4.69) is 21.3 Å². The number of hydrogen-bond donors (Lipinski definition) is 6. The van der Waals surface area contributed by atoms with Crippen LogP contribution in [0.5, 0.6) is 0 Å². The van der Waals surface area contributed by atoms with Crippen LogP contribution in [0.25, 0.3) is 0 Å². The number of nitrogens with two attached hydrogens (primary N) is 1. The van der Waals surface area contributed by atoms with Gasteiger partial charge in [-0.15, -0.1) is 0 Å². The van der Waals surface area contributed by atoms with Crippen LogP contribution in [-0.2, 0) is 35.6 Å². The van der Waals surface area contributed by atoms with Crippen LogP contribution >= 0.6 is 0 Å². The van der Waals surface area contributed by atoms with E-state index < -0.39 is 58.0 Å². The van der Waals surface area contributed by atoms with Crippen LogP contribution in [0.4, 0.5) is 16.2 Å². The van der Waals surface area contributed by atoms with Gasteiger partial charge in [-0.3, -0.25) is 14.4 Å². The summed E-state index contributed by atoms with van der Waals surface area (Å²) in [7, 11) is -2.55. The average Bonchev–Trinajstić information content (AvgIpc) is 3.55. The number of rotatable bonds is 16. The molecular weight excluding hydrogens is 715 g/mol. The highest BCUT2D eigenvalue weighted by molar-refractivity contribution is 7.89. The van der Waals surface area contributed by atoms with Crippen molar-refractivity contribution in [3.8, 4) is 0 Å². The van der Waals surface area contributed by atoms with Gasteiger partial charge in [0.2, 0.25) is 27.7 Å². The lowest BCUT2D eigenvalue weighted by molar-refractivity contribution is -0.142. The fourth-order valence-corrected chi connectivity index (χ4v) is 7.91. The molecule has 3 aromatic rings. The second kappa shape index (κ2) is 18.6. The van der Waals surface area contributed by atoms with E-state index in [0.717, 1.165) is 9.87 Å². The molecule has 290 valence electrons. The van der Waals surface area contributed by atoms with E-state index in [-0.39, 0.29) is 49.1 Å². The van der Waals surface area contributed by atoms with Gasteiger partial charge in [0, 0.05) is 37.6 Å². The Bertz CT molecular complexity index is 1910. The summed E-state index contributed by atoms with van der Waals surface area (Å²) in [4.78, 5) is 66.1. The molecule has 1 aliphatic heterocycles. The number of para-hydroxylation sites is 1. The number of urea groups is 1. The van der Waals surface area contributed by atoms with E-state index >= 15 is 0 Å². The van der Waals surface area contributed by atoms with Crippen molar-refractivity contribution in [2.45, 2.75) is 75.5 Å². The van der Waals surface area contributed by atoms with Gasteiger partial charge >= 0.3 is 12.0 Å². The minimum Gasteiger partial charge on any atom is -0.480 e. The monoisotopic (exact) mass is 763 g/mol. The quantitative estimate of drug-likeness (QED) is 0.126. The predicted molar refractivity (Wildman–Crippen MR) is 204 cm³/mol. The van der Waals surface area contributed by atoms with Crippen molar-refractivity contribution in [3.05, 3.63) is 90.0 Å². The molecule has 5 atom stereocenters. The average molecular weight is 764 g/mol. The molecule has 4 rings (SSSR count). The lowest BCUT2D eigenvalue weighted by atomic mass is 9.96. The molecule has 16 heteroatoms. The number of nitrogens with one attached hydrogen (secondary N) is 4. The molecule has 0 aromatic heterocycles. The molecule has 1 unspecified atom stereocenters. The number of carboxylic acids is 1. The number of amides is 5. The second-order valence-electron chi connectivity index (χ2n) is 13.5. The zero-order valence-electron chi connectivity index (χ0n) is 30.8. The Kier molecular flexibility index (Phi) is 14.3. The Morgan fingerprint density at radius 1 is 0.963 bits per heavy atom. The third kappa shape index (κ3) is 10.6. The van der Waals surface area contributed by atoms with Gasteiger partial charge in [-0.2, -0.15) is 4.31 Å². The molecule has 1 saturated heterocycles. The van der Waals surface area contributed by atoms with Gasteiger partial charge in [0.25, 0.3) is 0 Å². The molecule has 1 heterocycles. The first-order valence-electron chi connectivity index (χ1n) is 17.7. The van der Waals surface area contributed by atoms with Crippen molar-refractivity contribution in [2.75, 3.05) is 30.8 Å². The Morgan fingerprint density at radius 2 is 1.61 bits per heavy atom. The van der Waals surface area contributed by atoms with Gasteiger partial charge < -0.3 is 37.0 Å². The Balaban J connectivity index is 1.32. The summed E-state index contributed by atoms with van der Waals surface area (Å²) < 4.78 is 27.6. The SMILES string of the molecule is CCC(C)[C@@H](C(=O)NCC[C@H](NC(=O)[C@@H]1C[C@H](N)CN1S(=O)(=O)c1ccccc1)C(=O)O)N(C)C(=O)Cc1ccc(NC(=O)Nc2ccccc2C)cc1. The smallest absolute Gasteiger partial charge is 0.326 e. The van der Waals surface area contributed by atoms with Gasteiger partial charge in [-0.1, -0.05) is 68.8 Å². The van der Waals surface area contributed by atoms with Crippen molar-refractivity contribution in [1.29, 1.82) is 0 Å². The normalized spacial score (nSPS) is 17.4. The third-order valence-corrected chi connectivity index (χ3v) is 11.4. The first-order chi connectivity index (χ1) is 25.6. The fourth-order valence-electron chi connectivity index (χ4n) is 6.24. The summed E-state index contributed by atoms with van der Waals surface area (Å²) in [6, 6.07) is 17.2. The van der Waals surface area contributed by atoms with Crippen LogP contribution in [0.1, 0.15) is 44.2 Å². The number of aliphatic carboxylic acids is 1. The summed E-state index contributed by atoms with van der Waals surface area (Å²) in [6.07, 6.45) is 0.359. The lowest BCUT2D eigenvalue weighted by Crippen LogP contribution is -2.53. The van der Waals surface area contributed by atoms with Crippen LogP contribution in [-0.4, -0.2) is 96.8 Å². The molecule has 0 aliphatic carbocycles.